The second-order valence-electron chi connectivity index (χ2n) is 5.37. The molecule has 0 fully saturated rings. The van der Waals surface area contributed by atoms with Gasteiger partial charge in [0.05, 0.1) is 16.8 Å². The highest BCUT2D eigenvalue weighted by Gasteiger charge is 2.14. The Kier molecular flexibility index (Phi) is 4.36. The molecule has 0 aliphatic carbocycles. The van der Waals surface area contributed by atoms with Crippen LogP contribution in [-0.2, 0) is 7.05 Å². The highest BCUT2D eigenvalue weighted by atomic mass is 35.5. The third kappa shape index (κ3) is 3.31. The number of fused-ring (bicyclic) bond motifs is 1. The summed E-state index contributed by atoms with van der Waals surface area (Å²) in [7, 11) is 1.74. The smallest absolute Gasteiger partial charge is 0.226 e. The van der Waals surface area contributed by atoms with Crippen molar-refractivity contribution in [2.75, 3.05) is 22.9 Å². The fourth-order valence-electron chi connectivity index (χ4n) is 2.06. The zero-order valence-electron chi connectivity index (χ0n) is 13.2. The monoisotopic (exact) mass is 348 g/mol. The second-order valence-corrected chi connectivity index (χ2v) is 5.78. The van der Waals surface area contributed by atoms with Crippen LogP contribution in [0.2, 0.25) is 5.02 Å². The summed E-state index contributed by atoms with van der Waals surface area (Å²) in [4.78, 5) is 8.76. The summed E-state index contributed by atoms with van der Waals surface area (Å²) in [5, 5.41) is 24.0. The number of aliphatic hydroxyl groups is 1. The largest absolute Gasteiger partial charge is 0.398 e. The van der Waals surface area contributed by atoms with Gasteiger partial charge in [0, 0.05) is 19.3 Å². The first-order valence-corrected chi connectivity index (χ1v) is 7.63. The van der Waals surface area contributed by atoms with Gasteiger partial charge < -0.3 is 21.5 Å². The van der Waals surface area contributed by atoms with Gasteiger partial charge in [0.2, 0.25) is 5.95 Å². The van der Waals surface area contributed by atoms with Crippen LogP contribution in [-0.4, -0.2) is 42.7 Å². The molecule has 3 rings (SSSR count). The number of nitrogens with zero attached hydrogens (tertiary/aromatic N) is 5. The number of aliphatic hydroxyl groups excluding tert-OH is 1. The summed E-state index contributed by atoms with van der Waals surface area (Å²) in [5.41, 5.74) is 8.01. The zero-order chi connectivity index (χ0) is 17.3. The van der Waals surface area contributed by atoms with Gasteiger partial charge in [0.25, 0.3) is 0 Å². The van der Waals surface area contributed by atoms with Crippen LogP contribution in [0.25, 0.3) is 11.2 Å². The normalized spacial score (nSPS) is 12.3. The lowest BCUT2D eigenvalue weighted by molar-refractivity contribution is 0.208. The highest BCUT2D eigenvalue weighted by Crippen LogP contribution is 2.27. The van der Waals surface area contributed by atoms with Gasteiger partial charge in [0.15, 0.2) is 17.0 Å². The molecule has 0 saturated heterocycles. The predicted molar refractivity (Wildman–Crippen MR) is 93.4 cm³/mol. The van der Waals surface area contributed by atoms with Gasteiger partial charge in [-0.15, -0.1) is 5.10 Å². The van der Waals surface area contributed by atoms with Crippen molar-refractivity contribution in [3.8, 4) is 0 Å². The van der Waals surface area contributed by atoms with E-state index < -0.39 is 6.10 Å². The van der Waals surface area contributed by atoms with Crippen molar-refractivity contribution in [1.82, 2.24) is 25.0 Å². The van der Waals surface area contributed by atoms with Crippen molar-refractivity contribution < 1.29 is 5.11 Å². The van der Waals surface area contributed by atoms with Crippen LogP contribution < -0.4 is 16.4 Å². The third-order valence-electron chi connectivity index (χ3n) is 3.27. The average Bonchev–Trinajstić information content (AvgIpc) is 2.91. The lowest BCUT2D eigenvalue weighted by atomic mass is 10.3. The highest BCUT2D eigenvalue weighted by molar-refractivity contribution is 6.33. The molecule has 126 valence electrons. The molecule has 0 aliphatic rings. The van der Waals surface area contributed by atoms with Gasteiger partial charge in [-0.25, -0.2) is 4.68 Å². The van der Waals surface area contributed by atoms with E-state index in [1.54, 1.807) is 36.9 Å². The van der Waals surface area contributed by atoms with Crippen LogP contribution in [0.5, 0.6) is 0 Å². The van der Waals surface area contributed by atoms with E-state index in [9.17, 15) is 5.11 Å². The number of halogens is 1. The maximum atomic E-state index is 9.41. The van der Waals surface area contributed by atoms with Crippen LogP contribution in [0.4, 0.5) is 23.1 Å². The summed E-state index contributed by atoms with van der Waals surface area (Å²) < 4.78 is 1.55. The first kappa shape index (κ1) is 16.2. The molecule has 2 heterocycles. The molecule has 24 heavy (non-hydrogen) atoms. The Labute approximate surface area is 142 Å². The number of anilines is 4. The van der Waals surface area contributed by atoms with Gasteiger partial charge in [-0.3, -0.25) is 0 Å². The molecule has 0 radical (unpaired) electrons. The number of aryl methyl sites for hydroxylation is 1. The maximum absolute atomic E-state index is 9.41. The first-order valence-electron chi connectivity index (χ1n) is 7.25. The van der Waals surface area contributed by atoms with E-state index in [4.69, 9.17) is 17.3 Å². The molecule has 9 nitrogen and oxygen atoms in total. The molecule has 2 aromatic heterocycles. The van der Waals surface area contributed by atoms with E-state index in [0.717, 1.165) is 0 Å². The fraction of sp³-hybridized carbons (Fsp3) is 0.286. The topological polar surface area (TPSA) is 127 Å². The number of nitrogen functional groups attached to an aromatic ring is 1. The summed E-state index contributed by atoms with van der Waals surface area (Å²) in [6, 6.07) is 5.19. The molecular weight excluding hydrogens is 332 g/mol. The van der Waals surface area contributed by atoms with Crippen molar-refractivity contribution >= 4 is 45.9 Å². The van der Waals surface area contributed by atoms with Crippen LogP contribution >= 0.6 is 11.6 Å². The van der Waals surface area contributed by atoms with Crippen LogP contribution in [0.3, 0.4) is 0 Å². The van der Waals surface area contributed by atoms with Crippen molar-refractivity contribution in [2.45, 2.75) is 13.0 Å². The number of benzene rings is 1. The van der Waals surface area contributed by atoms with E-state index >= 15 is 0 Å². The Morgan fingerprint density at radius 1 is 1.38 bits per heavy atom. The Bertz CT molecular complexity index is 879. The minimum absolute atomic E-state index is 0.323. The average molecular weight is 349 g/mol. The molecule has 1 unspecified atom stereocenters. The number of hydrogen-bond acceptors (Lipinski definition) is 8. The summed E-state index contributed by atoms with van der Waals surface area (Å²) in [6.07, 6.45) is -0.527. The van der Waals surface area contributed by atoms with Gasteiger partial charge in [-0.1, -0.05) is 16.8 Å². The Morgan fingerprint density at radius 2 is 2.17 bits per heavy atom. The summed E-state index contributed by atoms with van der Waals surface area (Å²) in [6.45, 7) is 2.00. The van der Waals surface area contributed by atoms with Gasteiger partial charge >= 0.3 is 0 Å². The number of nitrogens with one attached hydrogen (secondary N) is 2. The number of hydrogen-bond donors (Lipinski definition) is 4. The molecule has 0 amide bonds. The van der Waals surface area contributed by atoms with Gasteiger partial charge in [-0.2, -0.15) is 9.97 Å². The predicted octanol–water partition coefficient (Wildman–Crippen LogP) is 1.53. The molecule has 0 saturated carbocycles. The van der Waals surface area contributed by atoms with Crippen LogP contribution in [0, 0.1) is 0 Å². The van der Waals surface area contributed by atoms with Crippen LogP contribution in [0.15, 0.2) is 18.2 Å². The van der Waals surface area contributed by atoms with Gasteiger partial charge in [-0.05, 0) is 25.1 Å². The number of aromatic nitrogens is 5. The van der Waals surface area contributed by atoms with E-state index in [1.807, 2.05) is 0 Å². The SMILES string of the molecule is CC(O)CNc1nc(Nc2ccc(N)c(Cl)c2)c2nnn(C)c2n1. The summed E-state index contributed by atoms with van der Waals surface area (Å²) >= 11 is 6.05. The third-order valence-corrected chi connectivity index (χ3v) is 3.60. The Hall–Kier alpha value is -2.65. The number of rotatable bonds is 5. The maximum Gasteiger partial charge on any atom is 0.226 e. The van der Waals surface area contributed by atoms with Crippen LogP contribution in [0.1, 0.15) is 6.92 Å². The molecule has 3 aromatic rings. The Morgan fingerprint density at radius 3 is 2.88 bits per heavy atom. The van der Waals surface area contributed by atoms with Crippen molar-refractivity contribution in [3.05, 3.63) is 23.2 Å². The fourth-order valence-corrected chi connectivity index (χ4v) is 2.24. The van der Waals surface area contributed by atoms with E-state index in [1.165, 1.54) is 0 Å². The minimum Gasteiger partial charge on any atom is -0.398 e. The first-order chi connectivity index (χ1) is 11.4. The van der Waals surface area contributed by atoms with Crippen molar-refractivity contribution in [1.29, 1.82) is 0 Å². The molecule has 1 atom stereocenters. The van der Waals surface area contributed by atoms with Crippen molar-refractivity contribution in [2.24, 2.45) is 7.05 Å². The lowest BCUT2D eigenvalue weighted by Gasteiger charge is -2.11. The quantitative estimate of drug-likeness (QED) is 0.511. The minimum atomic E-state index is -0.527. The molecule has 0 spiro atoms. The zero-order valence-corrected chi connectivity index (χ0v) is 13.9. The van der Waals surface area contributed by atoms with E-state index in [2.05, 4.69) is 30.9 Å². The second kappa shape index (κ2) is 6.46. The lowest BCUT2D eigenvalue weighted by Crippen LogP contribution is -2.17. The van der Waals surface area contributed by atoms with Gasteiger partial charge in [0.1, 0.15) is 0 Å². The molecule has 1 aromatic carbocycles. The van der Waals surface area contributed by atoms with Crippen molar-refractivity contribution in [3.63, 3.8) is 0 Å². The summed E-state index contributed by atoms with van der Waals surface area (Å²) in [5.74, 6) is 0.833. The number of nitrogens with two attached hydrogens (primary N) is 1. The molecular formula is C14H17ClN8O. The molecule has 0 bridgehead atoms. The Balaban J connectivity index is 1.99. The molecule has 5 N–H and O–H groups in total. The van der Waals surface area contributed by atoms with E-state index in [0.29, 0.717) is 45.9 Å². The molecule has 0 aliphatic heterocycles. The standard InChI is InChI=1S/C14H17ClN8O/c1-7(24)6-17-14-19-12(11-13(20-14)23(2)22-21-11)18-8-3-4-10(16)9(15)5-8/h3-5,7,24H,6,16H2,1-2H3,(H2,17,18,19,20). The van der Waals surface area contributed by atoms with E-state index in [-0.39, 0.29) is 0 Å². The molecule has 10 heteroatoms.